The van der Waals surface area contributed by atoms with Crippen molar-refractivity contribution in [1.82, 2.24) is 9.78 Å². The van der Waals surface area contributed by atoms with E-state index in [1.807, 2.05) is 33.2 Å². The summed E-state index contributed by atoms with van der Waals surface area (Å²) in [5.74, 6) is 0. The first-order valence-electron chi connectivity index (χ1n) is 4.35. The van der Waals surface area contributed by atoms with Gasteiger partial charge in [-0.05, 0) is 18.9 Å². The van der Waals surface area contributed by atoms with Crippen LogP contribution in [0.2, 0.25) is 0 Å². The van der Waals surface area contributed by atoms with Gasteiger partial charge >= 0.3 is 0 Å². The van der Waals surface area contributed by atoms with Gasteiger partial charge in [0.1, 0.15) is 5.60 Å². The number of hydrogen-bond acceptors (Lipinski definition) is 2. The van der Waals surface area contributed by atoms with Gasteiger partial charge < -0.3 is 5.11 Å². The number of aryl methyl sites for hydroxylation is 1. The van der Waals surface area contributed by atoms with Crippen molar-refractivity contribution in [3.8, 4) is 0 Å². The molecule has 68 valence electrons. The molecule has 1 heterocycles. The van der Waals surface area contributed by atoms with E-state index in [2.05, 4.69) is 5.10 Å². The fourth-order valence-corrected chi connectivity index (χ4v) is 1.28. The number of nitrogens with zero attached hydrogens (tertiary/aromatic N) is 2. The van der Waals surface area contributed by atoms with Crippen LogP contribution in [0.15, 0.2) is 12.3 Å². The Bertz CT molecular complexity index is 251. The Hall–Kier alpha value is -0.830. The van der Waals surface area contributed by atoms with Crippen LogP contribution in [0.1, 0.15) is 32.4 Å². The summed E-state index contributed by atoms with van der Waals surface area (Å²) in [4.78, 5) is 0. The summed E-state index contributed by atoms with van der Waals surface area (Å²) in [6, 6.07) is 1.87. The molecule has 3 heteroatoms. The quantitative estimate of drug-likeness (QED) is 0.741. The first-order valence-corrected chi connectivity index (χ1v) is 4.35. The molecule has 12 heavy (non-hydrogen) atoms. The Morgan fingerprint density at radius 2 is 2.08 bits per heavy atom. The highest BCUT2D eigenvalue weighted by atomic mass is 16.3. The highest BCUT2D eigenvalue weighted by Gasteiger charge is 2.26. The number of hydrogen-bond donors (Lipinski definition) is 1. The topological polar surface area (TPSA) is 38.0 Å². The zero-order valence-corrected chi connectivity index (χ0v) is 7.91. The van der Waals surface area contributed by atoms with E-state index in [1.54, 1.807) is 4.68 Å². The van der Waals surface area contributed by atoms with Crippen molar-refractivity contribution in [2.45, 2.75) is 32.3 Å². The molecule has 0 unspecified atom stereocenters. The van der Waals surface area contributed by atoms with Gasteiger partial charge in [0.15, 0.2) is 0 Å². The van der Waals surface area contributed by atoms with Gasteiger partial charge in [-0.1, -0.05) is 13.8 Å². The second kappa shape index (κ2) is 3.27. The lowest BCUT2D eigenvalue weighted by Gasteiger charge is -2.22. The Balaban J connectivity index is 2.94. The zero-order valence-electron chi connectivity index (χ0n) is 7.91. The summed E-state index contributed by atoms with van der Waals surface area (Å²) in [6.45, 7) is 3.94. The van der Waals surface area contributed by atoms with Gasteiger partial charge in [0.05, 0.1) is 5.69 Å². The van der Waals surface area contributed by atoms with Crippen LogP contribution in [0.4, 0.5) is 0 Å². The third-order valence-corrected chi connectivity index (χ3v) is 2.36. The molecule has 1 N–H and O–H groups in total. The summed E-state index contributed by atoms with van der Waals surface area (Å²) in [7, 11) is 1.86. The van der Waals surface area contributed by atoms with E-state index >= 15 is 0 Å². The van der Waals surface area contributed by atoms with Gasteiger partial charge in [0.25, 0.3) is 0 Å². The normalized spacial score (nSPS) is 12.0. The predicted octanol–water partition coefficient (Wildman–Crippen LogP) is 1.43. The van der Waals surface area contributed by atoms with Crippen molar-refractivity contribution in [3.63, 3.8) is 0 Å². The molecule has 3 nitrogen and oxygen atoms in total. The van der Waals surface area contributed by atoms with E-state index < -0.39 is 5.60 Å². The molecule has 0 fully saturated rings. The van der Waals surface area contributed by atoms with Crippen LogP contribution in [-0.4, -0.2) is 14.9 Å². The lowest BCUT2D eigenvalue weighted by molar-refractivity contribution is 0.0235. The average Bonchev–Trinajstić information content (AvgIpc) is 2.51. The lowest BCUT2D eigenvalue weighted by atomic mass is 9.94. The molecule has 0 spiro atoms. The van der Waals surface area contributed by atoms with Gasteiger partial charge in [-0.25, -0.2) is 0 Å². The highest BCUT2D eigenvalue weighted by molar-refractivity contribution is 5.09. The van der Waals surface area contributed by atoms with Crippen LogP contribution >= 0.6 is 0 Å². The summed E-state index contributed by atoms with van der Waals surface area (Å²) in [5, 5.41) is 14.2. The van der Waals surface area contributed by atoms with Gasteiger partial charge in [-0.3, -0.25) is 4.68 Å². The number of aromatic nitrogens is 2. The van der Waals surface area contributed by atoms with Crippen molar-refractivity contribution >= 4 is 0 Å². The molecule has 1 rings (SSSR count). The minimum absolute atomic E-state index is 0.709. The Morgan fingerprint density at radius 3 is 2.42 bits per heavy atom. The van der Waals surface area contributed by atoms with E-state index in [0.29, 0.717) is 12.8 Å². The zero-order chi connectivity index (χ0) is 9.19. The minimum Gasteiger partial charge on any atom is -0.384 e. The maximum absolute atomic E-state index is 10.0. The average molecular weight is 168 g/mol. The van der Waals surface area contributed by atoms with E-state index in [0.717, 1.165) is 5.69 Å². The molecule has 1 aromatic rings. The van der Waals surface area contributed by atoms with Crippen LogP contribution in [0.25, 0.3) is 0 Å². The van der Waals surface area contributed by atoms with E-state index in [1.165, 1.54) is 0 Å². The van der Waals surface area contributed by atoms with Crippen molar-refractivity contribution in [3.05, 3.63) is 18.0 Å². The lowest BCUT2D eigenvalue weighted by Crippen LogP contribution is -2.24. The summed E-state index contributed by atoms with van der Waals surface area (Å²) < 4.78 is 1.71. The van der Waals surface area contributed by atoms with Crippen molar-refractivity contribution < 1.29 is 5.11 Å². The van der Waals surface area contributed by atoms with Crippen LogP contribution in [0.3, 0.4) is 0 Å². The monoisotopic (exact) mass is 168 g/mol. The third-order valence-electron chi connectivity index (χ3n) is 2.36. The fourth-order valence-electron chi connectivity index (χ4n) is 1.28. The Morgan fingerprint density at radius 1 is 1.50 bits per heavy atom. The summed E-state index contributed by atoms with van der Waals surface area (Å²) in [6.07, 6.45) is 3.27. The second-order valence-electron chi connectivity index (χ2n) is 3.11. The highest BCUT2D eigenvalue weighted by Crippen LogP contribution is 2.26. The molecule has 0 aliphatic heterocycles. The van der Waals surface area contributed by atoms with Crippen LogP contribution in [0.5, 0.6) is 0 Å². The summed E-state index contributed by atoms with van der Waals surface area (Å²) in [5.41, 5.74) is 0.0383. The van der Waals surface area contributed by atoms with Gasteiger partial charge in [-0.15, -0.1) is 0 Å². The molecular formula is C9H16N2O. The van der Waals surface area contributed by atoms with Gasteiger partial charge in [0.2, 0.25) is 0 Å². The molecule has 0 amide bonds. The smallest absolute Gasteiger partial charge is 0.108 e. The molecule has 0 bridgehead atoms. The van der Waals surface area contributed by atoms with E-state index in [-0.39, 0.29) is 0 Å². The van der Waals surface area contributed by atoms with Crippen molar-refractivity contribution in [1.29, 1.82) is 0 Å². The minimum atomic E-state index is -0.735. The van der Waals surface area contributed by atoms with Crippen molar-refractivity contribution in [2.24, 2.45) is 7.05 Å². The molecule has 1 aromatic heterocycles. The molecule has 0 aliphatic carbocycles. The second-order valence-corrected chi connectivity index (χ2v) is 3.11. The molecule has 0 saturated carbocycles. The SMILES string of the molecule is CCC(O)(CC)c1ccn(C)n1. The van der Waals surface area contributed by atoms with Crippen LogP contribution < -0.4 is 0 Å². The predicted molar refractivity (Wildman–Crippen MR) is 47.7 cm³/mol. The fraction of sp³-hybridized carbons (Fsp3) is 0.667. The van der Waals surface area contributed by atoms with Crippen LogP contribution in [-0.2, 0) is 12.6 Å². The Kier molecular flexibility index (Phi) is 2.52. The maximum atomic E-state index is 10.0. The Labute approximate surface area is 73.0 Å². The van der Waals surface area contributed by atoms with Crippen molar-refractivity contribution in [2.75, 3.05) is 0 Å². The van der Waals surface area contributed by atoms with Gasteiger partial charge in [0, 0.05) is 13.2 Å². The third kappa shape index (κ3) is 1.50. The summed E-state index contributed by atoms with van der Waals surface area (Å²) >= 11 is 0. The molecule has 0 radical (unpaired) electrons. The number of rotatable bonds is 3. The first-order chi connectivity index (χ1) is 5.62. The molecular weight excluding hydrogens is 152 g/mol. The van der Waals surface area contributed by atoms with Gasteiger partial charge in [-0.2, -0.15) is 5.10 Å². The van der Waals surface area contributed by atoms with E-state index in [4.69, 9.17) is 0 Å². The molecule has 0 aliphatic rings. The standard InChI is InChI=1S/C9H16N2O/c1-4-9(12,5-2)8-6-7-11(3)10-8/h6-7,12H,4-5H2,1-3H3. The number of aliphatic hydroxyl groups is 1. The molecule has 0 saturated heterocycles. The first kappa shape index (κ1) is 9.26. The maximum Gasteiger partial charge on any atom is 0.108 e. The molecule has 0 aromatic carbocycles. The van der Waals surface area contributed by atoms with E-state index in [9.17, 15) is 5.11 Å². The molecule has 0 atom stereocenters. The largest absolute Gasteiger partial charge is 0.384 e. The van der Waals surface area contributed by atoms with Crippen LogP contribution in [0, 0.1) is 0 Å².